The lowest BCUT2D eigenvalue weighted by Gasteiger charge is -2.11. The third-order valence-electron chi connectivity index (χ3n) is 1.96. The van der Waals surface area contributed by atoms with E-state index in [1.165, 1.54) is 0 Å². The molecule has 1 unspecified atom stereocenters. The molecule has 1 heterocycles. The first kappa shape index (κ1) is 11.2. The van der Waals surface area contributed by atoms with Crippen molar-refractivity contribution in [2.45, 2.75) is 26.5 Å². The molecule has 0 saturated carbocycles. The minimum absolute atomic E-state index is 0.267. The summed E-state index contributed by atoms with van der Waals surface area (Å²) < 4.78 is 7.21. The van der Waals surface area contributed by atoms with Crippen LogP contribution in [0, 0.1) is 0 Å². The quantitative estimate of drug-likeness (QED) is 0.737. The lowest BCUT2D eigenvalue weighted by atomic mass is 10.3. The second kappa shape index (κ2) is 5.78. The molecule has 80 valence electrons. The molecule has 0 aliphatic heterocycles. The zero-order valence-corrected chi connectivity index (χ0v) is 9.16. The fraction of sp³-hybridized carbons (Fsp3) is 0.700. The van der Waals surface area contributed by atoms with Crippen LogP contribution in [0.4, 0.5) is 0 Å². The Balaban J connectivity index is 2.15. The molecule has 0 aliphatic rings. The predicted octanol–water partition coefficient (Wildman–Crippen LogP) is 0.935. The zero-order valence-electron chi connectivity index (χ0n) is 9.16. The third kappa shape index (κ3) is 3.89. The topological polar surface area (TPSA) is 39.1 Å². The van der Waals surface area contributed by atoms with E-state index in [4.69, 9.17) is 4.74 Å². The van der Waals surface area contributed by atoms with E-state index >= 15 is 0 Å². The van der Waals surface area contributed by atoms with Crippen molar-refractivity contribution in [2.24, 2.45) is 7.05 Å². The highest BCUT2D eigenvalue weighted by atomic mass is 16.5. The summed E-state index contributed by atoms with van der Waals surface area (Å²) in [6.07, 6.45) is 2.21. The summed E-state index contributed by atoms with van der Waals surface area (Å²) in [7, 11) is 1.92. The standard InChI is InChI=1S/C10H19N3O/c1-4-14-9(2)7-11-8-10-5-6-13(3)12-10/h5-6,9,11H,4,7-8H2,1-3H3. The summed E-state index contributed by atoms with van der Waals surface area (Å²) >= 11 is 0. The fourth-order valence-corrected chi connectivity index (χ4v) is 1.30. The maximum Gasteiger partial charge on any atom is 0.0762 e. The summed E-state index contributed by atoms with van der Waals surface area (Å²) in [5, 5.41) is 7.57. The van der Waals surface area contributed by atoms with Gasteiger partial charge < -0.3 is 10.1 Å². The van der Waals surface area contributed by atoms with Gasteiger partial charge in [-0.1, -0.05) is 0 Å². The van der Waals surface area contributed by atoms with Gasteiger partial charge in [0.05, 0.1) is 11.8 Å². The number of nitrogens with zero attached hydrogens (tertiary/aromatic N) is 2. The Morgan fingerprint density at radius 1 is 1.64 bits per heavy atom. The molecule has 1 rings (SSSR count). The molecule has 1 aromatic rings. The normalized spacial score (nSPS) is 13.1. The van der Waals surface area contributed by atoms with Gasteiger partial charge in [-0.2, -0.15) is 5.10 Å². The molecule has 1 aromatic heterocycles. The van der Waals surface area contributed by atoms with Gasteiger partial charge in [-0.15, -0.1) is 0 Å². The fourth-order valence-electron chi connectivity index (χ4n) is 1.30. The van der Waals surface area contributed by atoms with E-state index in [2.05, 4.69) is 17.3 Å². The van der Waals surface area contributed by atoms with Gasteiger partial charge in [0.25, 0.3) is 0 Å². The summed E-state index contributed by atoms with van der Waals surface area (Å²) in [4.78, 5) is 0. The van der Waals surface area contributed by atoms with Gasteiger partial charge in [0.1, 0.15) is 0 Å². The molecule has 1 N–H and O–H groups in total. The summed E-state index contributed by atoms with van der Waals surface area (Å²) in [6, 6.07) is 2.01. The van der Waals surface area contributed by atoms with Crippen LogP contribution in [-0.2, 0) is 18.3 Å². The molecule has 0 aliphatic carbocycles. The molecular weight excluding hydrogens is 178 g/mol. The van der Waals surface area contributed by atoms with Gasteiger partial charge >= 0.3 is 0 Å². The number of nitrogens with one attached hydrogen (secondary N) is 1. The Bertz CT molecular complexity index is 260. The maximum absolute atomic E-state index is 5.40. The predicted molar refractivity (Wildman–Crippen MR) is 56.0 cm³/mol. The highest BCUT2D eigenvalue weighted by Crippen LogP contribution is 1.94. The Labute approximate surface area is 85.3 Å². The van der Waals surface area contributed by atoms with E-state index in [1.807, 2.05) is 30.9 Å². The Hall–Kier alpha value is -0.870. The van der Waals surface area contributed by atoms with Gasteiger partial charge in [-0.05, 0) is 19.9 Å². The zero-order chi connectivity index (χ0) is 10.4. The smallest absolute Gasteiger partial charge is 0.0762 e. The molecule has 0 amide bonds. The first-order valence-electron chi connectivity index (χ1n) is 5.03. The Kier molecular flexibility index (Phi) is 4.62. The Morgan fingerprint density at radius 3 is 3.00 bits per heavy atom. The van der Waals surface area contributed by atoms with Gasteiger partial charge in [0, 0.05) is 32.9 Å². The second-order valence-electron chi connectivity index (χ2n) is 3.38. The third-order valence-corrected chi connectivity index (χ3v) is 1.96. The number of rotatable bonds is 6. The van der Waals surface area contributed by atoms with E-state index in [0.717, 1.165) is 25.4 Å². The van der Waals surface area contributed by atoms with Crippen LogP contribution in [0.1, 0.15) is 19.5 Å². The molecule has 0 aromatic carbocycles. The van der Waals surface area contributed by atoms with Gasteiger partial charge in [-0.25, -0.2) is 0 Å². The number of hydrogen-bond donors (Lipinski definition) is 1. The van der Waals surface area contributed by atoms with Crippen LogP contribution in [0.3, 0.4) is 0 Å². The monoisotopic (exact) mass is 197 g/mol. The molecule has 4 heteroatoms. The van der Waals surface area contributed by atoms with Crippen molar-refractivity contribution < 1.29 is 4.74 Å². The van der Waals surface area contributed by atoms with Crippen LogP contribution in [0.5, 0.6) is 0 Å². The van der Waals surface area contributed by atoms with Crippen LogP contribution in [-0.4, -0.2) is 29.0 Å². The minimum atomic E-state index is 0.267. The van der Waals surface area contributed by atoms with Gasteiger partial charge in [0.15, 0.2) is 0 Å². The van der Waals surface area contributed by atoms with Crippen molar-refractivity contribution in [3.8, 4) is 0 Å². The number of hydrogen-bond acceptors (Lipinski definition) is 3. The van der Waals surface area contributed by atoms with E-state index in [9.17, 15) is 0 Å². The van der Waals surface area contributed by atoms with Crippen molar-refractivity contribution in [2.75, 3.05) is 13.2 Å². The van der Waals surface area contributed by atoms with Gasteiger partial charge in [-0.3, -0.25) is 4.68 Å². The molecule has 0 saturated heterocycles. The van der Waals surface area contributed by atoms with E-state index in [-0.39, 0.29) is 6.10 Å². The van der Waals surface area contributed by atoms with Crippen LogP contribution in [0.15, 0.2) is 12.3 Å². The average molecular weight is 197 g/mol. The van der Waals surface area contributed by atoms with Crippen molar-refractivity contribution in [1.29, 1.82) is 0 Å². The summed E-state index contributed by atoms with van der Waals surface area (Å²) in [5.41, 5.74) is 1.07. The molecule has 0 fully saturated rings. The molecular formula is C10H19N3O. The van der Waals surface area contributed by atoms with E-state index in [1.54, 1.807) is 0 Å². The van der Waals surface area contributed by atoms with Crippen LogP contribution in [0.25, 0.3) is 0 Å². The maximum atomic E-state index is 5.40. The lowest BCUT2D eigenvalue weighted by molar-refractivity contribution is 0.0759. The Morgan fingerprint density at radius 2 is 2.43 bits per heavy atom. The molecule has 1 atom stereocenters. The molecule has 4 nitrogen and oxygen atoms in total. The van der Waals surface area contributed by atoms with Crippen LogP contribution in [0.2, 0.25) is 0 Å². The second-order valence-corrected chi connectivity index (χ2v) is 3.38. The number of ether oxygens (including phenoxy) is 1. The SMILES string of the molecule is CCOC(C)CNCc1ccn(C)n1. The van der Waals surface area contributed by atoms with E-state index < -0.39 is 0 Å². The van der Waals surface area contributed by atoms with E-state index in [0.29, 0.717) is 0 Å². The van der Waals surface area contributed by atoms with Crippen molar-refractivity contribution in [3.05, 3.63) is 18.0 Å². The largest absolute Gasteiger partial charge is 0.377 e. The number of aryl methyl sites for hydroxylation is 1. The minimum Gasteiger partial charge on any atom is -0.377 e. The van der Waals surface area contributed by atoms with Crippen LogP contribution < -0.4 is 5.32 Å². The summed E-state index contributed by atoms with van der Waals surface area (Å²) in [5.74, 6) is 0. The highest BCUT2D eigenvalue weighted by Gasteiger charge is 2.00. The first-order valence-corrected chi connectivity index (χ1v) is 5.03. The van der Waals surface area contributed by atoms with Gasteiger partial charge in [0.2, 0.25) is 0 Å². The molecule has 14 heavy (non-hydrogen) atoms. The average Bonchev–Trinajstić information content (AvgIpc) is 2.52. The molecule has 0 spiro atoms. The molecule has 0 radical (unpaired) electrons. The number of aromatic nitrogens is 2. The lowest BCUT2D eigenvalue weighted by Crippen LogP contribution is -2.26. The summed E-state index contributed by atoms with van der Waals surface area (Å²) in [6.45, 7) is 6.51. The highest BCUT2D eigenvalue weighted by molar-refractivity contribution is 4.97. The first-order chi connectivity index (χ1) is 6.72. The van der Waals surface area contributed by atoms with Crippen molar-refractivity contribution >= 4 is 0 Å². The van der Waals surface area contributed by atoms with Crippen molar-refractivity contribution in [1.82, 2.24) is 15.1 Å². The van der Waals surface area contributed by atoms with Crippen molar-refractivity contribution in [3.63, 3.8) is 0 Å². The molecule has 0 bridgehead atoms. The van der Waals surface area contributed by atoms with Crippen LogP contribution >= 0.6 is 0 Å².